The van der Waals surface area contributed by atoms with Gasteiger partial charge in [-0.25, -0.2) is 0 Å². The molecule has 0 spiro atoms. The molecule has 0 saturated heterocycles. The molecule has 0 aliphatic rings. The summed E-state index contributed by atoms with van der Waals surface area (Å²) in [6.07, 6.45) is 1.68. The van der Waals surface area contributed by atoms with Crippen molar-refractivity contribution in [2.45, 2.75) is 6.92 Å². The Morgan fingerprint density at radius 2 is 2.00 bits per heavy atom. The van der Waals surface area contributed by atoms with Crippen LogP contribution < -0.4 is 5.32 Å². The molecule has 2 N–H and O–H groups in total. The highest BCUT2D eigenvalue weighted by atomic mass is 16.2. The quantitative estimate of drug-likeness (QED) is 0.793. The smallest absolute Gasteiger partial charge is 0.272 e. The average molecular weight is 228 g/mol. The number of H-pyrrole nitrogens is 1. The Morgan fingerprint density at radius 1 is 1.18 bits per heavy atom. The second-order valence-corrected chi connectivity index (χ2v) is 3.67. The maximum Gasteiger partial charge on any atom is 0.272 e. The van der Waals surface area contributed by atoms with Crippen molar-refractivity contribution in [1.82, 2.24) is 4.98 Å². The summed E-state index contributed by atoms with van der Waals surface area (Å²) in [6.45, 7) is 1.49. The molecule has 0 saturated carbocycles. The van der Waals surface area contributed by atoms with E-state index in [1.807, 2.05) is 0 Å². The number of hydrogen-bond acceptors (Lipinski definition) is 2. The van der Waals surface area contributed by atoms with Gasteiger partial charge in [0.15, 0.2) is 5.78 Å². The molecule has 86 valence electrons. The van der Waals surface area contributed by atoms with E-state index in [2.05, 4.69) is 10.3 Å². The van der Waals surface area contributed by atoms with Crippen LogP contribution in [0.15, 0.2) is 42.6 Å². The van der Waals surface area contributed by atoms with Crippen LogP contribution in [0.1, 0.15) is 27.8 Å². The monoisotopic (exact) mass is 228 g/mol. The van der Waals surface area contributed by atoms with E-state index in [1.165, 1.54) is 6.92 Å². The molecule has 17 heavy (non-hydrogen) atoms. The number of aromatic amines is 1. The lowest BCUT2D eigenvalue weighted by Gasteiger charge is -2.04. The molecule has 2 aromatic rings. The molecular formula is C13H12N2O2. The van der Waals surface area contributed by atoms with Gasteiger partial charge in [-0.05, 0) is 31.2 Å². The van der Waals surface area contributed by atoms with Crippen LogP contribution in [0.25, 0.3) is 0 Å². The van der Waals surface area contributed by atoms with Gasteiger partial charge >= 0.3 is 0 Å². The van der Waals surface area contributed by atoms with Crippen LogP contribution in [-0.4, -0.2) is 16.7 Å². The lowest BCUT2D eigenvalue weighted by atomic mass is 10.1. The third kappa shape index (κ3) is 2.60. The van der Waals surface area contributed by atoms with Gasteiger partial charge in [0.2, 0.25) is 0 Å². The largest absolute Gasteiger partial charge is 0.357 e. The van der Waals surface area contributed by atoms with Crippen LogP contribution in [0.2, 0.25) is 0 Å². The molecule has 1 heterocycles. The molecule has 4 heteroatoms. The van der Waals surface area contributed by atoms with Crippen molar-refractivity contribution >= 4 is 17.4 Å². The first-order valence-electron chi connectivity index (χ1n) is 5.22. The molecule has 0 fully saturated rings. The Kier molecular flexibility index (Phi) is 3.05. The summed E-state index contributed by atoms with van der Waals surface area (Å²) in [5.41, 5.74) is 1.67. The van der Waals surface area contributed by atoms with E-state index < -0.39 is 0 Å². The molecular weight excluding hydrogens is 216 g/mol. The number of rotatable bonds is 3. The predicted octanol–water partition coefficient (Wildman–Crippen LogP) is 2.47. The van der Waals surface area contributed by atoms with E-state index >= 15 is 0 Å². The van der Waals surface area contributed by atoms with Crippen molar-refractivity contribution < 1.29 is 9.59 Å². The second-order valence-electron chi connectivity index (χ2n) is 3.67. The van der Waals surface area contributed by atoms with Gasteiger partial charge in [0.05, 0.1) is 0 Å². The van der Waals surface area contributed by atoms with E-state index in [9.17, 15) is 9.59 Å². The molecule has 0 radical (unpaired) electrons. The molecule has 0 unspecified atom stereocenters. The Labute approximate surface area is 98.7 Å². The van der Waals surface area contributed by atoms with Crippen LogP contribution >= 0.6 is 0 Å². The molecule has 0 atom stereocenters. The van der Waals surface area contributed by atoms with Crippen LogP contribution in [0.3, 0.4) is 0 Å². The minimum Gasteiger partial charge on any atom is -0.357 e. The SMILES string of the molecule is CC(=O)c1cccc(NC(=O)c2ccc[nH]2)c1. The first kappa shape index (κ1) is 11.1. The lowest BCUT2D eigenvalue weighted by Crippen LogP contribution is -2.12. The minimum absolute atomic E-state index is 0.0269. The van der Waals surface area contributed by atoms with Crippen LogP contribution in [-0.2, 0) is 0 Å². The number of Topliss-reactive ketones (excluding diaryl/α,β-unsaturated/α-hetero) is 1. The third-order valence-electron chi connectivity index (χ3n) is 2.37. The Balaban J connectivity index is 2.16. The van der Waals surface area contributed by atoms with Gasteiger partial charge in [-0.2, -0.15) is 0 Å². The van der Waals surface area contributed by atoms with E-state index in [1.54, 1.807) is 42.6 Å². The zero-order chi connectivity index (χ0) is 12.3. The summed E-state index contributed by atoms with van der Waals surface area (Å²) in [7, 11) is 0. The van der Waals surface area contributed by atoms with Gasteiger partial charge in [-0.1, -0.05) is 12.1 Å². The highest BCUT2D eigenvalue weighted by molar-refractivity contribution is 6.03. The number of nitrogens with one attached hydrogen (secondary N) is 2. The van der Waals surface area contributed by atoms with Crippen molar-refractivity contribution in [2.75, 3.05) is 5.32 Å². The van der Waals surface area contributed by atoms with Gasteiger partial charge in [-0.3, -0.25) is 9.59 Å². The number of anilines is 1. The number of aromatic nitrogens is 1. The van der Waals surface area contributed by atoms with Gasteiger partial charge in [-0.15, -0.1) is 0 Å². The summed E-state index contributed by atoms with van der Waals surface area (Å²) in [5.74, 6) is -0.253. The fourth-order valence-electron chi connectivity index (χ4n) is 1.49. The second kappa shape index (κ2) is 4.65. The minimum atomic E-state index is -0.226. The van der Waals surface area contributed by atoms with Gasteiger partial charge in [0.1, 0.15) is 5.69 Å². The van der Waals surface area contributed by atoms with E-state index in [4.69, 9.17) is 0 Å². The highest BCUT2D eigenvalue weighted by Gasteiger charge is 2.07. The van der Waals surface area contributed by atoms with Gasteiger partial charge in [0.25, 0.3) is 5.91 Å². The van der Waals surface area contributed by atoms with Crippen molar-refractivity contribution in [3.63, 3.8) is 0 Å². The van der Waals surface area contributed by atoms with Crippen LogP contribution in [0.4, 0.5) is 5.69 Å². The van der Waals surface area contributed by atoms with Gasteiger partial charge < -0.3 is 10.3 Å². The predicted molar refractivity (Wildman–Crippen MR) is 65.2 cm³/mol. The molecule has 0 bridgehead atoms. The van der Waals surface area contributed by atoms with Crippen molar-refractivity contribution in [3.8, 4) is 0 Å². The normalized spacial score (nSPS) is 9.94. The molecule has 1 aromatic carbocycles. The fraction of sp³-hybridized carbons (Fsp3) is 0.0769. The Hall–Kier alpha value is -2.36. The number of amides is 1. The molecule has 0 aliphatic heterocycles. The molecule has 0 aliphatic carbocycles. The summed E-state index contributed by atoms with van der Waals surface area (Å²) < 4.78 is 0. The number of carbonyl (C=O) groups is 2. The highest BCUT2D eigenvalue weighted by Crippen LogP contribution is 2.12. The first-order chi connectivity index (χ1) is 8.16. The topological polar surface area (TPSA) is 62.0 Å². The summed E-state index contributed by atoms with van der Waals surface area (Å²) >= 11 is 0. The maximum atomic E-state index is 11.7. The molecule has 4 nitrogen and oxygen atoms in total. The fourth-order valence-corrected chi connectivity index (χ4v) is 1.49. The van der Waals surface area contributed by atoms with Gasteiger partial charge in [0, 0.05) is 17.4 Å². The van der Waals surface area contributed by atoms with Crippen molar-refractivity contribution in [1.29, 1.82) is 0 Å². The van der Waals surface area contributed by atoms with E-state index in [0.717, 1.165) is 0 Å². The van der Waals surface area contributed by atoms with E-state index in [-0.39, 0.29) is 11.7 Å². The summed E-state index contributed by atoms with van der Waals surface area (Å²) in [5, 5.41) is 2.72. The lowest BCUT2D eigenvalue weighted by molar-refractivity contribution is 0.100. The number of hydrogen-bond donors (Lipinski definition) is 2. The van der Waals surface area contributed by atoms with Crippen molar-refractivity contribution in [2.24, 2.45) is 0 Å². The zero-order valence-electron chi connectivity index (χ0n) is 9.36. The molecule has 1 aromatic heterocycles. The van der Waals surface area contributed by atoms with Crippen molar-refractivity contribution in [3.05, 3.63) is 53.9 Å². The van der Waals surface area contributed by atoms with E-state index in [0.29, 0.717) is 16.9 Å². The first-order valence-corrected chi connectivity index (χ1v) is 5.22. The Bertz CT molecular complexity index is 544. The summed E-state index contributed by atoms with van der Waals surface area (Å²) in [6, 6.07) is 10.3. The standard InChI is InChI=1S/C13H12N2O2/c1-9(16)10-4-2-5-11(8-10)15-13(17)12-6-3-7-14-12/h2-8,14H,1H3,(H,15,17). The average Bonchev–Trinajstić information content (AvgIpc) is 2.82. The third-order valence-corrected chi connectivity index (χ3v) is 2.37. The molecule has 1 amide bonds. The van der Waals surface area contributed by atoms with Crippen LogP contribution in [0, 0.1) is 0 Å². The zero-order valence-corrected chi connectivity index (χ0v) is 9.36. The number of benzene rings is 1. The number of ketones is 1. The van der Waals surface area contributed by atoms with Crippen LogP contribution in [0.5, 0.6) is 0 Å². The maximum absolute atomic E-state index is 11.7. The molecule has 2 rings (SSSR count). The number of carbonyl (C=O) groups excluding carboxylic acids is 2. The Morgan fingerprint density at radius 3 is 2.65 bits per heavy atom. The summed E-state index contributed by atoms with van der Waals surface area (Å²) in [4.78, 5) is 25.7.